The second-order valence-electron chi connectivity index (χ2n) is 3.99. The Morgan fingerprint density at radius 1 is 1.44 bits per heavy atom. The van der Waals surface area contributed by atoms with Gasteiger partial charge in [-0.05, 0) is 12.2 Å². The van der Waals surface area contributed by atoms with E-state index in [4.69, 9.17) is 16.3 Å². The second-order valence-corrected chi connectivity index (χ2v) is 4.38. The van der Waals surface area contributed by atoms with Crippen molar-refractivity contribution in [3.05, 3.63) is 23.0 Å². The number of halogens is 1. The number of morpholine rings is 1. The van der Waals surface area contributed by atoms with Crippen molar-refractivity contribution in [2.24, 2.45) is 0 Å². The molecular weight excluding hydrogens is 228 g/mol. The highest BCUT2D eigenvalue weighted by atomic mass is 35.5. The Morgan fingerprint density at radius 2 is 2.12 bits per heavy atom. The lowest BCUT2D eigenvalue weighted by molar-refractivity contribution is 0.0424. The van der Waals surface area contributed by atoms with Gasteiger partial charge in [-0.25, -0.2) is 0 Å². The Labute approximate surface area is 101 Å². The summed E-state index contributed by atoms with van der Waals surface area (Å²) in [6.07, 6.45) is 3.87. The van der Waals surface area contributed by atoms with Gasteiger partial charge in [0.05, 0.1) is 25.9 Å². The molecule has 2 rings (SSSR count). The molecule has 0 aromatic heterocycles. The van der Waals surface area contributed by atoms with Gasteiger partial charge in [0, 0.05) is 25.8 Å². The van der Waals surface area contributed by atoms with E-state index < -0.39 is 0 Å². The van der Waals surface area contributed by atoms with Crippen molar-refractivity contribution < 1.29 is 9.84 Å². The van der Waals surface area contributed by atoms with Gasteiger partial charge in [0.25, 0.3) is 0 Å². The maximum atomic E-state index is 9.45. The van der Waals surface area contributed by atoms with Crippen LogP contribution in [-0.2, 0) is 4.74 Å². The zero-order chi connectivity index (χ0) is 11.5. The average molecular weight is 245 g/mol. The van der Waals surface area contributed by atoms with Crippen LogP contribution in [0.1, 0.15) is 0 Å². The molecule has 1 unspecified atom stereocenters. The molecule has 2 aliphatic heterocycles. The van der Waals surface area contributed by atoms with Crippen molar-refractivity contribution in [2.75, 3.05) is 40.0 Å². The minimum Gasteiger partial charge on any atom is -0.394 e. The number of aliphatic hydroxyl groups excluding tert-OH is 1. The molecule has 2 heterocycles. The fourth-order valence-corrected chi connectivity index (χ4v) is 2.26. The first kappa shape index (κ1) is 11.8. The number of nitrogens with zero attached hydrogens (tertiary/aromatic N) is 2. The molecule has 4 nitrogen and oxygen atoms in total. The van der Waals surface area contributed by atoms with E-state index in [-0.39, 0.29) is 12.6 Å². The molecule has 0 aliphatic carbocycles. The molecule has 0 amide bonds. The molecule has 1 saturated heterocycles. The number of rotatable bonds is 2. The number of ether oxygens (including phenoxy) is 1. The summed E-state index contributed by atoms with van der Waals surface area (Å²) in [5.74, 6) is 0. The van der Waals surface area contributed by atoms with Crippen LogP contribution in [0.2, 0.25) is 0 Å². The number of hydrogen-bond donors (Lipinski definition) is 1. The van der Waals surface area contributed by atoms with Crippen LogP contribution >= 0.6 is 11.6 Å². The third-order valence-corrected chi connectivity index (χ3v) is 3.48. The molecule has 0 bridgehead atoms. The second kappa shape index (κ2) is 5.08. The fraction of sp³-hybridized carbons (Fsp3) is 0.636. The molecule has 0 spiro atoms. The molecule has 0 aromatic carbocycles. The van der Waals surface area contributed by atoms with Crippen molar-refractivity contribution in [1.82, 2.24) is 9.80 Å². The first-order chi connectivity index (χ1) is 7.74. The monoisotopic (exact) mass is 244 g/mol. The zero-order valence-electron chi connectivity index (χ0n) is 9.40. The van der Waals surface area contributed by atoms with E-state index in [2.05, 4.69) is 4.90 Å². The maximum absolute atomic E-state index is 9.45. The summed E-state index contributed by atoms with van der Waals surface area (Å²) < 4.78 is 5.32. The number of likely N-dealkylation sites (N-methyl/N-ethyl adjacent to an activating group) is 1. The number of hydrogen-bond acceptors (Lipinski definition) is 4. The Morgan fingerprint density at radius 3 is 2.75 bits per heavy atom. The van der Waals surface area contributed by atoms with Crippen LogP contribution in [0.4, 0.5) is 0 Å². The van der Waals surface area contributed by atoms with E-state index in [1.807, 2.05) is 24.1 Å². The largest absolute Gasteiger partial charge is 0.394 e. The van der Waals surface area contributed by atoms with Crippen molar-refractivity contribution in [1.29, 1.82) is 0 Å². The van der Waals surface area contributed by atoms with Crippen LogP contribution in [0.15, 0.2) is 23.0 Å². The normalized spacial score (nSPS) is 26.6. The third kappa shape index (κ3) is 2.19. The van der Waals surface area contributed by atoms with Gasteiger partial charge in [-0.2, -0.15) is 0 Å². The van der Waals surface area contributed by atoms with Gasteiger partial charge >= 0.3 is 0 Å². The predicted molar refractivity (Wildman–Crippen MR) is 63.0 cm³/mol. The van der Waals surface area contributed by atoms with Gasteiger partial charge in [0.1, 0.15) is 5.16 Å². The van der Waals surface area contributed by atoms with Crippen LogP contribution < -0.4 is 0 Å². The fourth-order valence-electron chi connectivity index (χ4n) is 2.08. The lowest BCUT2D eigenvalue weighted by atomic mass is 10.1. The molecular formula is C11H17ClN2O2. The Balaban J connectivity index is 2.17. The predicted octanol–water partition coefficient (Wildman–Crippen LogP) is 0.589. The van der Waals surface area contributed by atoms with Gasteiger partial charge in [0.15, 0.2) is 0 Å². The summed E-state index contributed by atoms with van der Waals surface area (Å²) in [5, 5.41) is 10.1. The van der Waals surface area contributed by atoms with Crippen molar-refractivity contribution >= 4 is 11.6 Å². The van der Waals surface area contributed by atoms with E-state index in [1.54, 1.807) is 0 Å². The average Bonchev–Trinajstić information content (AvgIpc) is 2.33. The molecule has 1 atom stereocenters. The van der Waals surface area contributed by atoms with Crippen LogP contribution in [0.3, 0.4) is 0 Å². The summed E-state index contributed by atoms with van der Waals surface area (Å²) in [5.41, 5.74) is 1.12. The summed E-state index contributed by atoms with van der Waals surface area (Å²) in [7, 11) is 1.90. The highest BCUT2D eigenvalue weighted by molar-refractivity contribution is 6.29. The zero-order valence-corrected chi connectivity index (χ0v) is 10.2. The Bertz CT molecular complexity index is 311. The van der Waals surface area contributed by atoms with Gasteiger partial charge < -0.3 is 19.6 Å². The molecule has 0 aromatic rings. The molecule has 2 aliphatic rings. The minimum absolute atomic E-state index is 0.0457. The SMILES string of the molecule is CN1C(Cl)=CC=C(N2CCOCC2)C1CO. The highest BCUT2D eigenvalue weighted by Gasteiger charge is 2.27. The minimum atomic E-state index is -0.0457. The molecule has 5 heteroatoms. The van der Waals surface area contributed by atoms with Crippen molar-refractivity contribution in [3.63, 3.8) is 0 Å². The topological polar surface area (TPSA) is 35.9 Å². The lowest BCUT2D eigenvalue weighted by Gasteiger charge is -2.40. The van der Waals surface area contributed by atoms with Crippen molar-refractivity contribution in [2.45, 2.75) is 6.04 Å². The van der Waals surface area contributed by atoms with Gasteiger partial charge in [0.2, 0.25) is 0 Å². The number of aliphatic hydroxyl groups is 1. The van der Waals surface area contributed by atoms with E-state index in [0.717, 1.165) is 32.0 Å². The van der Waals surface area contributed by atoms with E-state index >= 15 is 0 Å². The van der Waals surface area contributed by atoms with Crippen LogP contribution in [0.25, 0.3) is 0 Å². The first-order valence-corrected chi connectivity index (χ1v) is 5.85. The lowest BCUT2D eigenvalue weighted by Crippen LogP contribution is -2.46. The van der Waals surface area contributed by atoms with Crippen LogP contribution in [0.5, 0.6) is 0 Å². The first-order valence-electron chi connectivity index (χ1n) is 5.48. The van der Waals surface area contributed by atoms with E-state index in [0.29, 0.717) is 5.16 Å². The summed E-state index contributed by atoms with van der Waals surface area (Å²) >= 11 is 6.03. The maximum Gasteiger partial charge on any atom is 0.105 e. The van der Waals surface area contributed by atoms with Crippen LogP contribution in [0, 0.1) is 0 Å². The molecule has 1 N–H and O–H groups in total. The standard InChI is InChI=1S/C11H17ClN2O2/c1-13-10(8-15)9(2-3-11(13)12)14-4-6-16-7-5-14/h2-3,10,15H,4-8H2,1H3. The summed E-state index contributed by atoms with van der Waals surface area (Å²) in [6, 6.07) is -0.0457. The highest BCUT2D eigenvalue weighted by Crippen LogP contribution is 2.25. The quantitative estimate of drug-likeness (QED) is 0.722. The molecule has 0 radical (unpaired) electrons. The molecule has 16 heavy (non-hydrogen) atoms. The van der Waals surface area contributed by atoms with Gasteiger partial charge in [-0.1, -0.05) is 11.6 Å². The smallest absolute Gasteiger partial charge is 0.105 e. The summed E-state index contributed by atoms with van der Waals surface area (Å²) in [6.45, 7) is 3.32. The van der Waals surface area contributed by atoms with E-state index in [9.17, 15) is 5.11 Å². The van der Waals surface area contributed by atoms with Crippen LogP contribution in [-0.4, -0.2) is 60.9 Å². The van der Waals surface area contributed by atoms with E-state index in [1.165, 1.54) is 0 Å². The Hall–Kier alpha value is -0.710. The molecule has 0 saturated carbocycles. The van der Waals surface area contributed by atoms with Crippen molar-refractivity contribution in [3.8, 4) is 0 Å². The van der Waals surface area contributed by atoms with Gasteiger partial charge in [-0.3, -0.25) is 0 Å². The summed E-state index contributed by atoms with van der Waals surface area (Å²) in [4.78, 5) is 4.15. The Kier molecular flexibility index (Phi) is 3.74. The molecule has 90 valence electrons. The third-order valence-electron chi connectivity index (χ3n) is 3.09. The number of allylic oxidation sites excluding steroid dienone is 2. The van der Waals surface area contributed by atoms with Gasteiger partial charge in [-0.15, -0.1) is 0 Å². The molecule has 1 fully saturated rings.